The first-order chi connectivity index (χ1) is 11.8. The van der Waals surface area contributed by atoms with Crippen molar-refractivity contribution in [3.63, 3.8) is 0 Å². The second-order valence-electron chi connectivity index (χ2n) is 5.32. The molecule has 0 aliphatic rings. The van der Waals surface area contributed by atoms with Crippen molar-refractivity contribution in [1.82, 2.24) is 15.4 Å². The Kier molecular flexibility index (Phi) is 6.18. The number of hydrogen-bond acceptors (Lipinski definition) is 7. The van der Waals surface area contributed by atoms with Crippen molar-refractivity contribution in [3.05, 3.63) is 56.9 Å². The van der Waals surface area contributed by atoms with Crippen LogP contribution >= 0.6 is 11.8 Å². The smallest absolute Gasteiger partial charge is 0.272 e. The lowest BCUT2D eigenvalue weighted by Crippen LogP contribution is -2.19. The van der Waals surface area contributed by atoms with Gasteiger partial charge in [-0.05, 0) is 26.8 Å². The summed E-state index contributed by atoms with van der Waals surface area (Å²) >= 11 is 1.21. The summed E-state index contributed by atoms with van der Waals surface area (Å²) in [4.78, 5) is 30.7. The highest BCUT2D eigenvalue weighted by Crippen LogP contribution is 2.18. The Labute approximate surface area is 148 Å². The van der Waals surface area contributed by atoms with E-state index >= 15 is 0 Å². The molecule has 9 heteroatoms. The topological polar surface area (TPSA) is 110 Å². The molecule has 0 bridgehead atoms. The van der Waals surface area contributed by atoms with Gasteiger partial charge >= 0.3 is 0 Å². The number of hydrogen-bond donors (Lipinski definition) is 1. The number of nitrogens with zero attached hydrogens (tertiary/aromatic N) is 4. The Bertz CT molecular complexity index is 818. The van der Waals surface area contributed by atoms with Crippen LogP contribution in [0, 0.1) is 30.9 Å². The summed E-state index contributed by atoms with van der Waals surface area (Å²) in [7, 11) is 0. The molecule has 25 heavy (non-hydrogen) atoms. The van der Waals surface area contributed by atoms with Crippen LogP contribution in [0.5, 0.6) is 0 Å². The van der Waals surface area contributed by atoms with Gasteiger partial charge in [0.1, 0.15) is 0 Å². The van der Waals surface area contributed by atoms with Crippen LogP contribution in [0.3, 0.4) is 0 Å². The zero-order chi connectivity index (χ0) is 18.4. The third-order valence-electron chi connectivity index (χ3n) is 3.13. The molecule has 0 saturated carbocycles. The van der Waals surface area contributed by atoms with Crippen LogP contribution in [0.1, 0.15) is 22.5 Å². The maximum absolute atomic E-state index is 11.8. The van der Waals surface area contributed by atoms with Gasteiger partial charge in [0, 0.05) is 28.6 Å². The molecule has 0 spiro atoms. The Hall–Kier alpha value is -2.81. The van der Waals surface area contributed by atoms with E-state index < -0.39 is 4.92 Å². The number of thioether (sulfide) groups is 1. The number of nitro benzene ring substituents is 1. The number of amides is 1. The highest BCUT2D eigenvalue weighted by molar-refractivity contribution is 7.99. The summed E-state index contributed by atoms with van der Waals surface area (Å²) in [6.07, 6.45) is 1.36. The van der Waals surface area contributed by atoms with E-state index in [1.807, 2.05) is 19.9 Å². The van der Waals surface area contributed by atoms with Gasteiger partial charge in [-0.25, -0.2) is 15.4 Å². The van der Waals surface area contributed by atoms with Crippen molar-refractivity contribution in [2.24, 2.45) is 5.10 Å². The quantitative estimate of drug-likeness (QED) is 0.279. The molecule has 1 N–H and O–H groups in total. The number of nitro groups is 1. The van der Waals surface area contributed by atoms with Crippen LogP contribution in [-0.4, -0.2) is 32.8 Å². The Morgan fingerprint density at radius 1 is 1.28 bits per heavy atom. The van der Waals surface area contributed by atoms with E-state index in [0.717, 1.165) is 11.4 Å². The maximum Gasteiger partial charge on any atom is 0.272 e. The molecular formula is C16H17N5O3S. The van der Waals surface area contributed by atoms with Gasteiger partial charge in [-0.1, -0.05) is 23.9 Å². The number of aryl methyl sites for hydroxylation is 3. The van der Waals surface area contributed by atoms with E-state index in [4.69, 9.17) is 0 Å². The van der Waals surface area contributed by atoms with Crippen molar-refractivity contribution < 1.29 is 9.72 Å². The van der Waals surface area contributed by atoms with Gasteiger partial charge in [-0.2, -0.15) is 5.10 Å². The lowest BCUT2D eigenvalue weighted by atomic mass is 10.1. The predicted molar refractivity (Wildman–Crippen MR) is 95.8 cm³/mol. The van der Waals surface area contributed by atoms with Crippen LogP contribution in [0.15, 0.2) is 34.5 Å². The van der Waals surface area contributed by atoms with Crippen molar-refractivity contribution in [3.8, 4) is 0 Å². The molecule has 2 rings (SSSR count). The summed E-state index contributed by atoms with van der Waals surface area (Å²) < 4.78 is 0. The van der Waals surface area contributed by atoms with Gasteiger partial charge in [-0.15, -0.1) is 0 Å². The summed E-state index contributed by atoms with van der Waals surface area (Å²) in [5, 5.41) is 15.3. The van der Waals surface area contributed by atoms with Gasteiger partial charge in [0.25, 0.3) is 11.6 Å². The maximum atomic E-state index is 11.8. The third kappa shape index (κ3) is 5.64. The van der Waals surface area contributed by atoms with E-state index in [9.17, 15) is 14.9 Å². The number of hydrazone groups is 1. The number of carbonyl (C=O) groups is 1. The van der Waals surface area contributed by atoms with Crippen molar-refractivity contribution in [2.45, 2.75) is 25.9 Å². The van der Waals surface area contributed by atoms with Crippen LogP contribution in [0.4, 0.5) is 5.69 Å². The van der Waals surface area contributed by atoms with Gasteiger partial charge < -0.3 is 0 Å². The molecule has 1 aromatic carbocycles. The van der Waals surface area contributed by atoms with E-state index in [0.29, 0.717) is 16.3 Å². The number of rotatable bonds is 6. The fraction of sp³-hybridized carbons (Fsp3) is 0.250. The molecule has 0 radical (unpaired) electrons. The van der Waals surface area contributed by atoms with Gasteiger partial charge in [0.2, 0.25) is 0 Å². The molecule has 0 fully saturated rings. The summed E-state index contributed by atoms with van der Waals surface area (Å²) in [5.74, 6) is -0.195. The molecule has 0 aliphatic heterocycles. The van der Waals surface area contributed by atoms with Crippen LogP contribution in [-0.2, 0) is 4.79 Å². The van der Waals surface area contributed by atoms with E-state index in [2.05, 4.69) is 20.5 Å². The molecule has 0 saturated heterocycles. The zero-order valence-electron chi connectivity index (χ0n) is 14.0. The zero-order valence-corrected chi connectivity index (χ0v) is 14.8. The molecule has 0 aliphatic carbocycles. The third-order valence-corrected chi connectivity index (χ3v) is 3.97. The largest absolute Gasteiger partial charge is 0.272 e. The molecule has 130 valence electrons. The first-order valence-corrected chi connectivity index (χ1v) is 8.36. The molecule has 1 amide bonds. The van der Waals surface area contributed by atoms with E-state index in [1.54, 1.807) is 19.1 Å². The summed E-state index contributed by atoms with van der Waals surface area (Å²) in [6.45, 7) is 5.39. The standard InChI is InChI=1S/C16H17N5O3S/c1-10-4-5-13(7-14(10)21(23)24)8-17-20-15(22)9-25-16-18-11(2)6-12(3)19-16/h4-8H,9H2,1-3H3,(H,20,22)/b17-8-. The fourth-order valence-electron chi connectivity index (χ4n) is 2.00. The van der Waals surface area contributed by atoms with Crippen LogP contribution < -0.4 is 5.43 Å². The Morgan fingerprint density at radius 3 is 2.60 bits per heavy atom. The average Bonchev–Trinajstić information content (AvgIpc) is 2.53. The lowest BCUT2D eigenvalue weighted by molar-refractivity contribution is -0.385. The number of aromatic nitrogens is 2. The first kappa shape index (κ1) is 18.5. The second-order valence-corrected chi connectivity index (χ2v) is 6.26. The highest BCUT2D eigenvalue weighted by Gasteiger charge is 2.10. The van der Waals surface area contributed by atoms with Crippen LogP contribution in [0.2, 0.25) is 0 Å². The normalized spacial score (nSPS) is 10.8. The molecule has 0 unspecified atom stereocenters. The van der Waals surface area contributed by atoms with Gasteiger partial charge in [0.15, 0.2) is 5.16 Å². The van der Waals surface area contributed by atoms with Crippen molar-refractivity contribution in [2.75, 3.05) is 5.75 Å². The Balaban J connectivity index is 1.90. The number of benzene rings is 1. The number of nitrogens with one attached hydrogen (secondary N) is 1. The number of carbonyl (C=O) groups excluding carboxylic acids is 1. The predicted octanol–water partition coefficient (Wildman–Crippen LogP) is 2.55. The monoisotopic (exact) mass is 359 g/mol. The molecule has 0 atom stereocenters. The molecule has 2 aromatic rings. The first-order valence-electron chi connectivity index (χ1n) is 7.37. The summed E-state index contributed by atoms with van der Waals surface area (Å²) in [6, 6.07) is 6.59. The second kappa shape index (κ2) is 8.34. The van der Waals surface area contributed by atoms with E-state index in [1.165, 1.54) is 24.0 Å². The molecule has 8 nitrogen and oxygen atoms in total. The molecule has 1 heterocycles. The minimum absolute atomic E-state index is 0.0119. The molecular weight excluding hydrogens is 342 g/mol. The van der Waals surface area contributed by atoms with Crippen molar-refractivity contribution >= 4 is 29.6 Å². The summed E-state index contributed by atoms with van der Waals surface area (Å²) in [5.41, 5.74) is 5.17. The van der Waals surface area contributed by atoms with Crippen molar-refractivity contribution in [1.29, 1.82) is 0 Å². The highest BCUT2D eigenvalue weighted by atomic mass is 32.2. The van der Waals surface area contributed by atoms with E-state index in [-0.39, 0.29) is 17.3 Å². The van der Waals surface area contributed by atoms with Gasteiger partial charge in [-0.3, -0.25) is 14.9 Å². The van der Waals surface area contributed by atoms with Crippen LogP contribution in [0.25, 0.3) is 0 Å². The average molecular weight is 359 g/mol. The minimum Gasteiger partial charge on any atom is -0.272 e. The fourth-order valence-corrected chi connectivity index (χ4v) is 2.74. The SMILES string of the molecule is Cc1cc(C)nc(SCC(=O)N/N=C\c2ccc(C)c([N+](=O)[O-])c2)n1. The Morgan fingerprint density at radius 2 is 1.96 bits per heavy atom. The van der Waals surface area contributed by atoms with Gasteiger partial charge in [0.05, 0.1) is 16.9 Å². The molecule has 1 aromatic heterocycles. The minimum atomic E-state index is -0.453. The lowest BCUT2D eigenvalue weighted by Gasteiger charge is -2.02.